The molecule has 0 radical (unpaired) electrons. The first-order valence-corrected chi connectivity index (χ1v) is 7.57. The van der Waals surface area contributed by atoms with E-state index in [4.69, 9.17) is 11.0 Å². The molecule has 4 nitrogen and oxygen atoms in total. The summed E-state index contributed by atoms with van der Waals surface area (Å²) in [5.74, 6) is 0.0810. The fourth-order valence-corrected chi connectivity index (χ4v) is 3.12. The molecule has 0 unspecified atom stereocenters. The minimum absolute atomic E-state index is 0.0313. The van der Waals surface area contributed by atoms with Crippen LogP contribution in [0.1, 0.15) is 44.1 Å². The second kappa shape index (κ2) is 6.73. The third-order valence-electron chi connectivity index (χ3n) is 4.61. The van der Waals surface area contributed by atoms with Crippen LogP contribution in [0, 0.1) is 16.7 Å². The number of nitrogens with two attached hydrogens (primary N) is 1. The smallest absolute Gasteiger partial charge is 0.227 e. The van der Waals surface area contributed by atoms with Gasteiger partial charge in [-0.1, -0.05) is 25.3 Å². The van der Waals surface area contributed by atoms with Crippen molar-refractivity contribution in [3.05, 3.63) is 29.8 Å². The Morgan fingerprint density at radius 1 is 1.38 bits per heavy atom. The summed E-state index contributed by atoms with van der Waals surface area (Å²) in [6.07, 6.45) is 6.16. The van der Waals surface area contributed by atoms with E-state index in [0.717, 1.165) is 31.4 Å². The van der Waals surface area contributed by atoms with Crippen LogP contribution in [-0.4, -0.2) is 19.5 Å². The number of benzene rings is 1. The summed E-state index contributed by atoms with van der Waals surface area (Å²) in [6, 6.07) is 9.25. The van der Waals surface area contributed by atoms with Crippen molar-refractivity contribution in [3.63, 3.8) is 0 Å². The molecule has 1 fully saturated rings. The third-order valence-corrected chi connectivity index (χ3v) is 4.61. The van der Waals surface area contributed by atoms with Crippen LogP contribution in [0.5, 0.6) is 0 Å². The Morgan fingerprint density at radius 3 is 2.71 bits per heavy atom. The summed E-state index contributed by atoms with van der Waals surface area (Å²) in [4.78, 5) is 14.2. The number of hydrogen-bond donors (Lipinski definition) is 1. The molecule has 1 amide bonds. The van der Waals surface area contributed by atoms with Crippen LogP contribution < -0.4 is 10.6 Å². The fraction of sp³-hybridized carbons (Fsp3) is 0.529. The maximum atomic E-state index is 12.6. The van der Waals surface area contributed by atoms with Crippen LogP contribution in [0.2, 0.25) is 0 Å². The van der Waals surface area contributed by atoms with Crippen molar-refractivity contribution in [2.45, 2.75) is 38.5 Å². The Hall–Kier alpha value is -1.86. The molecule has 21 heavy (non-hydrogen) atoms. The van der Waals surface area contributed by atoms with E-state index >= 15 is 0 Å². The van der Waals surface area contributed by atoms with E-state index < -0.39 is 0 Å². The number of nitrogens with zero attached hydrogens (tertiary/aromatic N) is 2. The first kappa shape index (κ1) is 15.5. The topological polar surface area (TPSA) is 70.1 Å². The summed E-state index contributed by atoms with van der Waals surface area (Å²) in [7, 11) is 1.77. The SMILES string of the molecule is CN(C(=O)CC1(CN)CCCCC1)c1cccc(C#N)c1. The van der Waals surface area contributed by atoms with Crippen molar-refractivity contribution in [1.29, 1.82) is 5.26 Å². The van der Waals surface area contributed by atoms with E-state index in [0.29, 0.717) is 18.5 Å². The number of carbonyl (C=O) groups is 1. The molecule has 112 valence electrons. The summed E-state index contributed by atoms with van der Waals surface area (Å²) < 4.78 is 0. The zero-order chi connectivity index (χ0) is 15.3. The predicted molar refractivity (Wildman–Crippen MR) is 83.8 cm³/mol. The first-order chi connectivity index (χ1) is 10.1. The van der Waals surface area contributed by atoms with Gasteiger partial charge in [0.15, 0.2) is 0 Å². The predicted octanol–water partition coefficient (Wildman–Crippen LogP) is 2.82. The van der Waals surface area contributed by atoms with Gasteiger partial charge in [-0.05, 0) is 43.0 Å². The Labute approximate surface area is 126 Å². The van der Waals surface area contributed by atoms with Crippen LogP contribution in [-0.2, 0) is 4.79 Å². The molecule has 0 aliphatic heterocycles. The van der Waals surface area contributed by atoms with Gasteiger partial charge in [0.2, 0.25) is 5.91 Å². The molecule has 1 aliphatic carbocycles. The van der Waals surface area contributed by atoms with Crippen molar-refractivity contribution in [1.82, 2.24) is 0 Å². The van der Waals surface area contributed by atoms with E-state index in [1.807, 2.05) is 6.07 Å². The lowest BCUT2D eigenvalue weighted by atomic mass is 9.71. The zero-order valence-electron chi connectivity index (χ0n) is 12.6. The summed E-state index contributed by atoms with van der Waals surface area (Å²) >= 11 is 0. The van der Waals surface area contributed by atoms with Crippen LogP contribution >= 0.6 is 0 Å². The number of carbonyl (C=O) groups excluding carboxylic acids is 1. The molecule has 0 aromatic heterocycles. The van der Waals surface area contributed by atoms with Crippen molar-refractivity contribution in [2.75, 3.05) is 18.5 Å². The van der Waals surface area contributed by atoms with Crippen LogP contribution in [0.15, 0.2) is 24.3 Å². The van der Waals surface area contributed by atoms with E-state index in [1.165, 1.54) is 6.42 Å². The molecule has 4 heteroatoms. The van der Waals surface area contributed by atoms with Gasteiger partial charge in [-0.25, -0.2) is 0 Å². The number of anilines is 1. The Bertz CT molecular complexity index is 541. The van der Waals surface area contributed by atoms with E-state index in [-0.39, 0.29) is 11.3 Å². The van der Waals surface area contributed by atoms with Gasteiger partial charge >= 0.3 is 0 Å². The lowest BCUT2D eigenvalue weighted by Crippen LogP contribution is -2.39. The molecule has 0 atom stereocenters. The molecular weight excluding hydrogens is 262 g/mol. The molecule has 1 aromatic rings. The molecule has 0 spiro atoms. The number of amides is 1. The Kier molecular flexibility index (Phi) is 4.98. The van der Waals surface area contributed by atoms with Gasteiger partial charge in [0.1, 0.15) is 0 Å². The highest BCUT2D eigenvalue weighted by molar-refractivity contribution is 5.93. The highest BCUT2D eigenvalue weighted by Crippen LogP contribution is 2.39. The maximum absolute atomic E-state index is 12.6. The number of nitriles is 1. The van der Waals surface area contributed by atoms with Crippen molar-refractivity contribution in [2.24, 2.45) is 11.1 Å². The van der Waals surface area contributed by atoms with Crippen molar-refractivity contribution < 1.29 is 4.79 Å². The lowest BCUT2D eigenvalue weighted by molar-refractivity contribution is -0.121. The monoisotopic (exact) mass is 285 g/mol. The van der Waals surface area contributed by atoms with Crippen LogP contribution in [0.4, 0.5) is 5.69 Å². The molecule has 2 rings (SSSR count). The molecule has 0 heterocycles. The second-order valence-electron chi connectivity index (χ2n) is 6.06. The molecular formula is C17H23N3O. The summed E-state index contributed by atoms with van der Waals surface area (Å²) in [6.45, 7) is 0.574. The lowest BCUT2D eigenvalue weighted by Gasteiger charge is -2.36. The highest BCUT2D eigenvalue weighted by atomic mass is 16.2. The largest absolute Gasteiger partial charge is 0.330 e. The highest BCUT2D eigenvalue weighted by Gasteiger charge is 2.34. The zero-order valence-corrected chi connectivity index (χ0v) is 12.6. The summed E-state index contributed by atoms with van der Waals surface area (Å²) in [5, 5.41) is 8.95. The van der Waals surface area contributed by atoms with E-state index in [1.54, 1.807) is 30.1 Å². The average Bonchev–Trinajstić information content (AvgIpc) is 2.55. The van der Waals surface area contributed by atoms with E-state index in [9.17, 15) is 4.79 Å². The molecule has 1 saturated carbocycles. The van der Waals surface area contributed by atoms with Gasteiger partial charge in [0.05, 0.1) is 11.6 Å². The molecule has 1 aromatic carbocycles. The quantitative estimate of drug-likeness (QED) is 0.924. The van der Waals surface area contributed by atoms with Gasteiger partial charge in [-0.3, -0.25) is 4.79 Å². The molecule has 0 bridgehead atoms. The van der Waals surface area contributed by atoms with E-state index in [2.05, 4.69) is 6.07 Å². The summed E-state index contributed by atoms with van der Waals surface area (Å²) in [5.41, 5.74) is 7.26. The Morgan fingerprint density at radius 2 is 2.10 bits per heavy atom. The van der Waals surface area contributed by atoms with Crippen LogP contribution in [0.25, 0.3) is 0 Å². The average molecular weight is 285 g/mol. The first-order valence-electron chi connectivity index (χ1n) is 7.57. The fourth-order valence-electron chi connectivity index (χ4n) is 3.12. The van der Waals surface area contributed by atoms with Crippen LogP contribution in [0.3, 0.4) is 0 Å². The van der Waals surface area contributed by atoms with Gasteiger partial charge in [0, 0.05) is 19.2 Å². The van der Waals surface area contributed by atoms with Gasteiger partial charge in [-0.2, -0.15) is 5.26 Å². The minimum Gasteiger partial charge on any atom is -0.330 e. The molecule has 1 aliphatic rings. The van der Waals surface area contributed by atoms with Gasteiger partial charge < -0.3 is 10.6 Å². The maximum Gasteiger partial charge on any atom is 0.227 e. The minimum atomic E-state index is -0.0313. The standard InChI is InChI=1S/C17H23N3O/c1-20(15-7-5-6-14(10-15)12-18)16(21)11-17(13-19)8-3-2-4-9-17/h5-7,10H,2-4,8-9,11,13,19H2,1H3. The number of hydrogen-bond acceptors (Lipinski definition) is 3. The van der Waals surface area contributed by atoms with Gasteiger partial charge in [-0.15, -0.1) is 0 Å². The third kappa shape index (κ3) is 3.62. The van der Waals surface area contributed by atoms with Crippen molar-refractivity contribution in [3.8, 4) is 6.07 Å². The van der Waals surface area contributed by atoms with Crippen molar-refractivity contribution >= 4 is 11.6 Å². The second-order valence-corrected chi connectivity index (χ2v) is 6.06. The molecule has 0 saturated heterocycles. The Balaban J connectivity index is 2.09. The molecule has 2 N–H and O–H groups in total. The number of rotatable bonds is 4. The normalized spacial score (nSPS) is 17.0. The van der Waals surface area contributed by atoms with Gasteiger partial charge in [0.25, 0.3) is 0 Å².